The highest BCUT2D eigenvalue weighted by Gasteiger charge is 2.12. The number of aromatic carboxylic acids is 1. The number of carbonyl (C=O) groups is 1. The van der Waals surface area contributed by atoms with Crippen molar-refractivity contribution in [2.75, 3.05) is 19.0 Å². The van der Waals surface area contributed by atoms with Gasteiger partial charge in [-0.3, -0.25) is 0 Å². The van der Waals surface area contributed by atoms with Crippen molar-refractivity contribution in [1.29, 1.82) is 0 Å². The fourth-order valence-electron chi connectivity index (χ4n) is 5.41. The molecule has 5 nitrogen and oxygen atoms in total. The molecule has 1 N–H and O–H groups in total. The lowest BCUT2D eigenvalue weighted by atomic mass is 9.91. The number of benzene rings is 6. The summed E-state index contributed by atoms with van der Waals surface area (Å²) in [6.07, 6.45) is 0. The van der Waals surface area contributed by atoms with Gasteiger partial charge >= 0.3 is 5.97 Å². The van der Waals surface area contributed by atoms with Gasteiger partial charge in [-0.1, -0.05) is 84.1 Å². The zero-order valence-electron chi connectivity index (χ0n) is 25.5. The molecule has 7 rings (SSSR count). The van der Waals surface area contributed by atoms with Crippen LogP contribution >= 0.6 is 11.7 Å². The Labute approximate surface area is 276 Å². The van der Waals surface area contributed by atoms with Crippen molar-refractivity contribution in [1.82, 2.24) is 8.75 Å². The quantitative estimate of drug-likeness (QED) is 0.156. The van der Waals surface area contributed by atoms with E-state index in [0.717, 1.165) is 66.8 Å². The number of carboxylic acids is 1. The summed E-state index contributed by atoms with van der Waals surface area (Å²) in [6, 6.07) is 35.1. The van der Waals surface area contributed by atoms with Crippen LogP contribution in [0.3, 0.4) is 0 Å². The Balaban J connectivity index is 1.30. The molecule has 1 heterocycles. The monoisotopic (exact) mass is 623 g/mol. The lowest BCUT2D eigenvalue weighted by Crippen LogP contribution is -2.07. The van der Waals surface area contributed by atoms with Crippen LogP contribution in [0.15, 0.2) is 109 Å². The lowest BCUT2D eigenvalue weighted by molar-refractivity contribution is 0.0697. The maximum absolute atomic E-state index is 11.2. The topological polar surface area (TPSA) is 66.3 Å². The van der Waals surface area contributed by atoms with Crippen LogP contribution < -0.4 is 4.90 Å². The first-order chi connectivity index (χ1) is 23.0. The average Bonchev–Trinajstić information content (AvgIpc) is 3.60. The third kappa shape index (κ3) is 5.88. The molecule has 0 unspecified atom stereocenters. The number of carboxylic acid groups (broad SMARTS) is 1. The molecule has 0 aliphatic carbocycles. The van der Waals surface area contributed by atoms with E-state index in [4.69, 9.17) is 5.11 Å². The zero-order chi connectivity index (χ0) is 32.3. The molecule has 222 valence electrons. The standard InChI is InChI=1S/C41H25N3O2S/c1-44(2)32-23-14-28(15-24-32)16-25-37-33-7-3-5-9-35(33)38(36-10-6-4-8-34(36)37)26-22-30-21-20-29(39-40(30)43-47-42-39)17-11-27-12-18-31(19-13-27)41(45)46/h3-10,12-15,18-21,23-24H,1-2H3,(H,45,46). The third-order valence-corrected chi connectivity index (χ3v) is 8.39. The molecule has 47 heavy (non-hydrogen) atoms. The molecule has 0 spiro atoms. The minimum absolute atomic E-state index is 0.221. The number of nitrogens with zero attached hydrogens (tertiary/aromatic N) is 3. The van der Waals surface area contributed by atoms with Crippen LogP contribution in [0.5, 0.6) is 0 Å². The van der Waals surface area contributed by atoms with Gasteiger partial charge in [0, 0.05) is 42.0 Å². The van der Waals surface area contributed by atoms with Crippen LogP contribution in [0.25, 0.3) is 32.6 Å². The van der Waals surface area contributed by atoms with E-state index >= 15 is 0 Å². The fourth-order valence-corrected chi connectivity index (χ4v) is 5.98. The molecule has 0 radical (unpaired) electrons. The molecule has 7 aromatic rings. The Kier molecular flexibility index (Phi) is 7.83. The Hall–Kier alpha value is -6.39. The summed E-state index contributed by atoms with van der Waals surface area (Å²) in [6.45, 7) is 0. The third-order valence-electron chi connectivity index (χ3n) is 7.86. The van der Waals surface area contributed by atoms with E-state index in [1.54, 1.807) is 24.3 Å². The summed E-state index contributed by atoms with van der Waals surface area (Å²) in [4.78, 5) is 13.2. The van der Waals surface area contributed by atoms with Gasteiger partial charge in [-0.2, -0.15) is 8.75 Å². The largest absolute Gasteiger partial charge is 0.478 e. The Morgan fingerprint density at radius 3 is 1.47 bits per heavy atom. The van der Waals surface area contributed by atoms with E-state index in [1.165, 1.54) is 0 Å². The minimum Gasteiger partial charge on any atom is -0.478 e. The number of rotatable bonds is 2. The zero-order valence-corrected chi connectivity index (χ0v) is 26.3. The molecule has 0 saturated heterocycles. The van der Waals surface area contributed by atoms with Crippen LogP contribution in [0.4, 0.5) is 5.69 Å². The highest BCUT2D eigenvalue weighted by Crippen LogP contribution is 2.32. The highest BCUT2D eigenvalue weighted by molar-refractivity contribution is 7.00. The summed E-state index contributed by atoms with van der Waals surface area (Å²) < 4.78 is 9.08. The SMILES string of the molecule is CN(C)c1ccc(C#Cc2c3ccccc3c(C#Cc3ccc(C#Cc4ccc(C(=O)O)cc4)c4nsnc34)c3ccccc23)cc1. The molecular formula is C41H25N3O2S. The van der Waals surface area contributed by atoms with Crippen LogP contribution in [0.2, 0.25) is 0 Å². The Morgan fingerprint density at radius 1 is 0.574 bits per heavy atom. The summed E-state index contributed by atoms with van der Waals surface area (Å²) in [5.41, 5.74) is 7.82. The maximum atomic E-state index is 11.2. The Morgan fingerprint density at radius 2 is 1.00 bits per heavy atom. The average molecular weight is 624 g/mol. The fraction of sp³-hybridized carbons (Fsp3) is 0.0488. The minimum atomic E-state index is -0.968. The smallest absolute Gasteiger partial charge is 0.335 e. The number of aromatic nitrogens is 2. The normalized spacial score (nSPS) is 10.4. The van der Waals surface area contributed by atoms with E-state index in [2.05, 4.69) is 97.7 Å². The van der Waals surface area contributed by atoms with Gasteiger partial charge in [0.15, 0.2) is 0 Å². The molecular weight excluding hydrogens is 599 g/mol. The highest BCUT2D eigenvalue weighted by atomic mass is 32.1. The van der Waals surface area contributed by atoms with Gasteiger partial charge < -0.3 is 10.0 Å². The lowest BCUT2D eigenvalue weighted by Gasteiger charge is -2.11. The number of anilines is 1. The van der Waals surface area contributed by atoms with E-state index in [1.807, 2.05) is 50.5 Å². The molecule has 0 saturated carbocycles. The van der Waals surface area contributed by atoms with E-state index in [9.17, 15) is 4.79 Å². The van der Waals surface area contributed by atoms with Crippen LogP contribution in [0.1, 0.15) is 43.7 Å². The van der Waals surface area contributed by atoms with E-state index in [-0.39, 0.29) is 5.56 Å². The number of hydrogen-bond donors (Lipinski definition) is 1. The van der Waals surface area contributed by atoms with E-state index in [0.29, 0.717) is 16.6 Å². The van der Waals surface area contributed by atoms with E-state index < -0.39 is 5.97 Å². The van der Waals surface area contributed by atoms with Gasteiger partial charge in [-0.05, 0) is 82.2 Å². The first-order valence-electron chi connectivity index (χ1n) is 14.8. The summed E-state index contributed by atoms with van der Waals surface area (Å²) in [5, 5.41) is 13.3. The van der Waals surface area contributed by atoms with Crippen molar-refractivity contribution in [2.45, 2.75) is 0 Å². The predicted molar refractivity (Wildman–Crippen MR) is 191 cm³/mol. The van der Waals surface area contributed by atoms with Crippen molar-refractivity contribution in [2.24, 2.45) is 0 Å². The maximum Gasteiger partial charge on any atom is 0.335 e. The van der Waals surface area contributed by atoms with Crippen molar-refractivity contribution in [3.05, 3.63) is 148 Å². The molecule has 0 fully saturated rings. The van der Waals surface area contributed by atoms with Crippen LogP contribution in [-0.4, -0.2) is 33.9 Å². The van der Waals surface area contributed by atoms with Gasteiger partial charge in [-0.15, -0.1) is 0 Å². The first kappa shape index (κ1) is 29.3. The van der Waals surface area contributed by atoms with Crippen LogP contribution in [-0.2, 0) is 0 Å². The molecule has 6 heteroatoms. The molecule has 1 aromatic heterocycles. The number of fused-ring (bicyclic) bond motifs is 3. The summed E-state index contributed by atoms with van der Waals surface area (Å²) in [7, 11) is 4.05. The second-order valence-corrected chi connectivity index (χ2v) is 11.6. The second-order valence-electron chi connectivity index (χ2n) is 11.0. The molecule has 0 amide bonds. The van der Waals surface area contributed by atoms with Gasteiger partial charge in [0.25, 0.3) is 0 Å². The molecule has 0 aliphatic heterocycles. The molecule has 0 atom stereocenters. The molecule has 0 bridgehead atoms. The molecule has 0 aliphatic rings. The van der Waals surface area contributed by atoms with Crippen molar-refractivity contribution < 1.29 is 9.90 Å². The summed E-state index contributed by atoms with van der Waals surface area (Å²) in [5.74, 6) is 19.1. The number of hydrogen-bond acceptors (Lipinski definition) is 5. The van der Waals surface area contributed by atoms with Crippen molar-refractivity contribution in [3.8, 4) is 35.5 Å². The van der Waals surface area contributed by atoms with Gasteiger partial charge in [0.1, 0.15) is 11.0 Å². The Bertz CT molecular complexity index is 2470. The summed E-state index contributed by atoms with van der Waals surface area (Å²) >= 11 is 1.12. The van der Waals surface area contributed by atoms with Gasteiger partial charge in [-0.25, -0.2) is 4.79 Å². The first-order valence-corrected chi connectivity index (χ1v) is 15.5. The molecule has 6 aromatic carbocycles. The predicted octanol–water partition coefficient (Wildman–Crippen LogP) is 7.96. The van der Waals surface area contributed by atoms with Crippen molar-refractivity contribution >= 4 is 56.0 Å². The van der Waals surface area contributed by atoms with Gasteiger partial charge in [0.05, 0.1) is 28.4 Å². The van der Waals surface area contributed by atoms with Crippen molar-refractivity contribution in [3.63, 3.8) is 0 Å². The second kappa shape index (κ2) is 12.5. The van der Waals surface area contributed by atoms with Gasteiger partial charge in [0.2, 0.25) is 0 Å². The van der Waals surface area contributed by atoms with Crippen LogP contribution in [0, 0.1) is 35.5 Å².